The minimum Gasteiger partial charge on any atom is -0.311 e. The van der Waals surface area contributed by atoms with E-state index < -0.39 is 0 Å². The molecule has 2 rings (SSSR count). The van der Waals surface area contributed by atoms with Crippen molar-refractivity contribution in [2.24, 2.45) is 0 Å². The second-order valence-electron chi connectivity index (χ2n) is 5.21. The van der Waals surface area contributed by atoms with Gasteiger partial charge >= 0.3 is 0 Å². The van der Waals surface area contributed by atoms with Crippen LogP contribution in [0, 0.1) is 0 Å². The molecule has 0 bridgehead atoms. The number of hydrogen-bond acceptors (Lipinski definition) is 2. The van der Waals surface area contributed by atoms with Gasteiger partial charge in [-0.2, -0.15) is 0 Å². The SMILES string of the molecule is Clc1cc(Cl)cc(CNCCN2CCCCCC2)c1. The third kappa shape index (κ3) is 5.70. The van der Waals surface area contributed by atoms with Crippen LogP contribution in [-0.4, -0.2) is 31.1 Å². The van der Waals surface area contributed by atoms with Crippen LogP contribution in [0.15, 0.2) is 18.2 Å². The van der Waals surface area contributed by atoms with Gasteiger partial charge < -0.3 is 10.2 Å². The van der Waals surface area contributed by atoms with Crippen LogP contribution in [0.2, 0.25) is 10.0 Å². The molecule has 2 nitrogen and oxygen atoms in total. The highest BCUT2D eigenvalue weighted by atomic mass is 35.5. The van der Waals surface area contributed by atoms with E-state index in [2.05, 4.69) is 10.2 Å². The van der Waals surface area contributed by atoms with Gasteiger partial charge in [-0.05, 0) is 49.7 Å². The van der Waals surface area contributed by atoms with Crippen molar-refractivity contribution in [1.29, 1.82) is 0 Å². The maximum Gasteiger partial charge on any atom is 0.0424 e. The fourth-order valence-electron chi connectivity index (χ4n) is 2.54. The summed E-state index contributed by atoms with van der Waals surface area (Å²) in [4.78, 5) is 2.56. The first kappa shape index (κ1) is 15.1. The van der Waals surface area contributed by atoms with Gasteiger partial charge in [0, 0.05) is 29.7 Å². The van der Waals surface area contributed by atoms with Crippen molar-refractivity contribution in [2.75, 3.05) is 26.2 Å². The van der Waals surface area contributed by atoms with Crippen LogP contribution in [0.5, 0.6) is 0 Å². The topological polar surface area (TPSA) is 15.3 Å². The Balaban J connectivity index is 1.68. The van der Waals surface area contributed by atoms with Crippen molar-refractivity contribution in [1.82, 2.24) is 10.2 Å². The average Bonchev–Trinajstić information content (AvgIpc) is 2.62. The molecule has 0 radical (unpaired) electrons. The smallest absolute Gasteiger partial charge is 0.0424 e. The molecular formula is C15H22Cl2N2. The van der Waals surface area contributed by atoms with E-state index in [1.807, 2.05) is 12.1 Å². The van der Waals surface area contributed by atoms with Crippen LogP contribution < -0.4 is 5.32 Å². The van der Waals surface area contributed by atoms with Gasteiger partial charge in [0.2, 0.25) is 0 Å². The molecule has 1 aliphatic rings. The summed E-state index contributed by atoms with van der Waals surface area (Å²) < 4.78 is 0. The summed E-state index contributed by atoms with van der Waals surface area (Å²) in [6.45, 7) is 5.49. The van der Waals surface area contributed by atoms with E-state index in [4.69, 9.17) is 23.2 Å². The standard InChI is InChI=1S/C15H22Cl2N2/c16-14-9-13(10-15(17)11-14)12-18-5-8-19-6-3-1-2-4-7-19/h9-11,18H,1-8,12H2. The maximum absolute atomic E-state index is 5.98. The minimum atomic E-state index is 0.705. The van der Waals surface area contributed by atoms with Crippen molar-refractivity contribution < 1.29 is 0 Å². The zero-order chi connectivity index (χ0) is 13.5. The van der Waals surface area contributed by atoms with E-state index in [1.54, 1.807) is 6.07 Å². The summed E-state index contributed by atoms with van der Waals surface area (Å²) in [5.41, 5.74) is 1.15. The predicted molar refractivity (Wildman–Crippen MR) is 83.1 cm³/mol. The summed E-state index contributed by atoms with van der Waals surface area (Å²) in [7, 11) is 0. The third-order valence-electron chi connectivity index (χ3n) is 3.55. The molecular weight excluding hydrogens is 279 g/mol. The molecule has 1 heterocycles. The molecule has 1 aromatic rings. The maximum atomic E-state index is 5.98. The number of benzene rings is 1. The van der Waals surface area contributed by atoms with Gasteiger partial charge in [-0.1, -0.05) is 36.0 Å². The number of nitrogens with zero attached hydrogens (tertiary/aromatic N) is 1. The van der Waals surface area contributed by atoms with Gasteiger partial charge in [0.15, 0.2) is 0 Å². The molecule has 0 spiro atoms. The highest BCUT2D eigenvalue weighted by Crippen LogP contribution is 2.18. The second-order valence-corrected chi connectivity index (χ2v) is 6.08. The van der Waals surface area contributed by atoms with E-state index in [0.717, 1.165) is 25.2 Å². The number of nitrogens with one attached hydrogen (secondary N) is 1. The van der Waals surface area contributed by atoms with Crippen molar-refractivity contribution in [3.63, 3.8) is 0 Å². The third-order valence-corrected chi connectivity index (χ3v) is 3.99. The molecule has 19 heavy (non-hydrogen) atoms. The minimum absolute atomic E-state index is 0.705. The summed E-state index contributed by atoms with van der Waals surface area (Å²) >= 11 is 12.0. The van der Waals surface area contributed by atoms with Gasteiger partial charge in [0.1, 0.15) is 0 Å². The molecule has 0 saturated carbocycles. The molecule has 1 fully saturated rings. The van der Waals surface area contributed by atoms with Crippen LogP contribution in [0.25, 0.3) is 0 Å². The van der Waals surface area contributed by atoms with E-state index in [-0.39, 0.29) is 0 Å². The van der Waals surface area contributed by atoms with Crippen LogP contribution in [-0.2, 0) is 6.54 Å². The Hall–Kier alpha value is -0.280. The van der Waals surface area contributed by atoms with Crippen molar-refractivity contribution >= 4 is 23.2 Å². The quantitative estimate of drug-likeness (QED) is 0.828. The van der Waals surface area contributed by atoms with Crippen molar-refractivity contribution in [3.05, 3.63) is 33.8 Å². The average molecular weight is 301 g/mol. The Labute approximate surface area is 126 Å². The second kappa shape index (κ2) is 8.11. The predicted octanol–water partition coefficient (Wildman–Crippen LogP) is 3.96. The Kier molecular flexibility index (Phi) is 6.45. The van der Waals surface area contributed by atoms with Crippen LogP contribution in [0.3, 0.4) is 0 Å². The summed E-state index contributed by atoms with van der Waals surface area (Å²) in [5, 5.41) is 4.88. The lowest BCUT2D eigenvalue weighted by atomic mass is 10.2. The fourth-order valence-corrected chi connectivity index (χ4v) is 3.11. The van der Waals surface area contributed by atoms with Gasteiger partial charge in [0.25, 0.3) is 0 Å². The Morgan fingerprint density at radius 3 is 2.21 bits per heavy atom. The van der Waals surface area contributed by atoms with Gasteiger partial charge in [0.05, 0.1) is 0 Å². The number of halogens is 2. The van der Waals surface area contributed by atoms with Gasteiger partial charge in [-0.25, -0.2) is 0 Å². The van der Waals surface area contributed by atoms with Crippen LogP contribution >= 0.6 is 23.2 Å². The first-order chi connectivity index (χ1) is 9.24. The first-order valence-electron chi connectivity index (χ1n) is 7.12. The molecule has 1 aliphatic heterocycles. The van der Waals surface area contributed by atoms with Crippen molar-refractivity contribution in [2.45, 2.75) is 32.2 Å². The van der Waals surface area contributed by atoms with E-state index in [0.29, 0.717) is 10.0 Å². The number of likely N-dealkylation sites (tertiary alicyclic amines) is 1. The molecule has 0 amide bonds. The van der Waals surface area contributed by atoms with E-state index in [9.17, 15) is 0 Å². The van der Waals surface area contributed by atoms with Crippen molar-refractivity contribution in [3.8, 4) is 0 Å². The molecule has 106 valence electrons. The lowest BCUT2D eigenvalue weighted by molar-refractivity contribution is 0.284. The number of rotatable bonds is 5. The Bertz CT molecular complexity index is 367. The molecule has 0 unspecified atom stereocenters. The van der Waals surface area contributed by atoms with Crippen LogP contribution in [0.1, 0.15) is 31.2 Å². The summed E-state index contributed by atoms with van der Waals surface area (Å²) in [5.74, 6) is 0. The largest absolute Gasteiger partial charge is 0.311 e. The highest BCUT2D eigenvalue weighted by Gasteiger charge is 2.07. The Morgan fingerprint density at radius 2 is 1.58 bits per heavy atom. The molecule has 0 aromatic heterocycles. The van der Waals surface area contributed by atoms with Crippen LogP contribution in [0.4, 0.5) is 0 Å². The van der Waals surface area contributed by atoms with E-state index >= 15 is 0 Å². The fraction of sp³-hybridized carbons (Fsp3) is 0.600. The first-order valence-corrected chi connectivity index (χ1v) is 7.88. The number of hydrogen-bond donors (Lipinski definition) is 1. The highest BCUT2D eigenvalue weighted by molar-refractivity contribution is 6.34. The summed E-state index contributed by atoms with van der Waals surface area (Å²) in [6, 6.07) is 5.70. The molecule has 1 saturated heterocycles. The normalized spacial score (nSPS) is 17.4. The lowest BCUT2D eigenvalue weighted by Gasteiger charge is -2.19. The summed E-state index contributed by atoms with van der Waals surface area (Å²) in [6.07, 6.45) is 5.49. The molecule has 1 N–H and O–H groups in total. The molecule has 4 heteroatoms. The van der Waals surface area contributed by atoms with Gasteiger partial charge in [-0.3, -0.25) is 0 Å². The molecule has 1 aromatic carbocycles. The lowest BCUT2D eigenvalue weighted by Crippen LogP contribution is -2.32. The zero-order valence-corrected chi connectivity index (χ0v) is 12.8. The zero-order valence-electron chi connectivity index (χ0n) is 11.3. The Morgan fingerprint density at radius 1 is 0.947 bits per heavy atom. The molecule has 0 aliphatic carbocycles. The molecule has 0 atom stereocenters. The van der Waals surface area contributed by atoms with E-state index in [1.165, 1.54) is 38.8 Å². The monoisotopic (exact) mass is 300 g/mol. The van der Waals surface area contributed by atoms with Gasteiger partial charge in [-0.15, -0.1) is 0 Å².